The maximum Gasteiger partial charge on any atom is 0.228 e. The number of benzene rings is 1. The largest absolute Gasteiger partial charge is 0.340 e. The molecule has 3 heterocycles. The molecule has 1 aromatic carbocycles. The number of carbonyl (C=O) groups excluding carboxylic acids is 2. The summed E-state index contributed by atoms with van der Waals surface area (Å²) in [7, 11) is -1.13. The molecule has 4 rings (SSSR count). The number of amides is 2. The molecule has 3 saturated heterocycles. The van der Waals surface area contributed by atoms with Crippen LogP contribution < -0.4 is 0 Å². The standard InChI is InChI=1S/C20H27N3O4S/c1-21-18(24)13-17(19(21)15-5-3-2-4-6-15)20(25)23-10-8-22(9-11-23)16-7-12-28(26,27)14-16/h2-6,16-17,19H,7-14H2,1H3/t16-,17-,19-/m1/s1. The molecule has 8 heteroatoms. The van der Waals surface area contributed by atoms with Gasteiger partial charge in [0.15, 0.2) is 9.84 Å². The third-order valence-corrected chi connectivity index (χ3v) is 8.15. The van der Waals surface area contributed by atoms with Gasteiger partial charge in [-0.05, 0) is 12.0 Å². The fourth-order valence-electron chi connectivity index (χ4n) is 4.80. The van der Waals surface area contributed by atoms with Crippen LogP contribution in [0.5, 0.6) is 0 Å². The van der Waals surface area contributed by atoms with Gasteiger partial charge in [0.2, 0.25) is 11.8 Å². The van der Waals surface area contributed by atoms with Gasteiger partial charge in [0.1, 0.15) is 0 Å². The Hall–Kier alpha value is -1.93. The maximum absolute atomic E-state index is 13.2. The van der Waals surface area contributed by atoms with Crippen LogP contribution in [0.25, 0.3) is 0 Å². The van der Waals surface area contributed by atoms with E-state index in [1.165, 1.54) is 0 Å². The van der Waals surface area contributed by atoms with Crippen LogP contribution in [0.15, 0.2) is 30.3 Å². The highest BCUT2D eigenvalue weighted by molar-refractivity contribution is 7.91. The van der Waals surface area contributed by atoms with Crippen molar-refractivity contribution in [1.82, 2.24) is 14.7 Å². The van der Waals surface area contributed by atoms with Crippen LogP contribution in [0.3, 0.4) is 0 Å². The molecule has 3 aliphatic rings. The lowest BCUT2D eigenvalue weighted by Gasteiger charge is -2.39. The molecule has 3 fully saturated rings. The van der Waals surface area contributed by atoms with Crippen molar-refractivity contribution in [2.45, 2.75) is 24.9 Å². The van der Waals surface area contributed by atoms with Gasteiger partial charge in [-0.15, -0.1) is 0 Å². The molecule has 0 aromatic heterocycles. The molecule has 0 bridgehead atoms. The van der Waals surface area contributed by atoms with Gasteiger partial charge in [-0.25, -0.2) is 8.42 Å². The second-order valence-electron chi connectivity index (χ2n) is 8.09. The van der Waals surface area contributed by atoms with Gasteiger partial charge in [0.05, 0.1) is 23.5 Å². The summed E-state index contributed by atoms with van der Waals surface area (Å²) in [5.74, 6) is 0.177. The molecule has 3 aliphatic heterocycles. The summed E-state index contributed by atoms with van der Waals surface area (Å²) in [5, 5.41) is 0. The number of likely N-dealkylation sites (tertiary alicyclic amines) is 1. The van der Waals surface area contributed by atoms with Gasteiger partial charge in [0, 0.05) is 45.7 Å². The molecule has 28 heavy (non-hydrogen) atoms. The van der Waals surface area contributed by atoms with Crippen LogP contribution in [0.1, 0.15) is 24.4 Å². The van der Waals surface area contributed by atoms with Crippen molar-refractivity contribution < 1.29 is 18.0 Å². The fraction of sp³-hybridized carbons (Fsp3) is 0.600. The van der Waals surface area contributed by atoms with Crippen LogP contribution in [-0.2, 0) is 19.4 Å². The highest BCUT2D eigenvalue weighted by Gasteiger charge is 2.45. The smallest absolute Gasteiger partial charge is 0.228 e. The van der Waals surface area contributed by atoms with Crippen LogP contribution >= 0.6 is 0 Å². The normalized spacial score (nSPS) is 30.8. The van der Waals surface area contributed by atoms with E-state index < -0.39 is 9.84 Å². The Morgan fingerprint density at radius 2 is 1.75 bits per heavy atom. The van der Waals surface area contributed by atoms with Crippen molar-refractivity contribution in [3.8, 4) is 0 Å². The predicted molar refractivity (Wildman–Crippen MR) is 105 cm³/mol. The van der Waals surface area contributed by atoms with Crippen molar-refractivity contribution in [2.75, 3.05) is 44.7 Å². The quantitative estimate of drug-likeness (QED) is 0.733. The van der Waals surface area contributed by atoms with E-state index in [0.29, 0.717) is 32.6 Å². The molecule has 0 saturated carbocycles. The second kappa shape index (κ2) is 7.48. The summed E-state index contributed by atoms with van der Waals surface area (Å²) in [6.07, 6.45) is 0.935. The molecule has 0 aliphatic carbocycles. The molecule has 7 nitrogen and oxygen atoms in total. The molecule has 0 spiro atoms. The van der Waals surface area contributed by atoms with Gasteiger partial charge in [-0.3, -0.25) is 14.5 Å². The highest BCUT2D eigenvalue weighted by atomic mass is 32.2. The van der Waals surface area contributed by atoms with Crippen LogP contribution in [0, 0.1) is 5.92 Å². The van der Waals surface area contributed by atoms with E-state index in [4.69, 9.17) is 0 Å². The summed E-state index contributed by atoms with van der Waals surface area (Å²) in [4.78, 5) is 31.3. The Bertz CT molecular complexity index is 849. The number of hydrogen-bond donors (Lipinski definition) is 0. The summed E-state index contributed by atoms with van der Waals surface area (Å²) >= 11 is 0. The Morgan fingerprint density at radius 3 is 2.36 bits per heavy atom. The SMILES string of the molecule is CN1C(=O)C[C@@H](C(=O)N2CCN([C@@H]3CCS(=O)(=O)C3)CC2)[C@H]1c1ccccc1. The minimum Gasteiger partial charge on any atom is -0.340 e. The Labute approximate surface area is 166 Å². The Balaban J connectivity index is 1.42. The summed E-state index contributed by atoms with van der Waals surface area (Å²) in [6, 6.07) is 9.60. The van der Waals surface area contributed by atoms with Crippen molar-refractivity contribution >= 4 is 21.7 Å². The van der Waals surface area contributed by atoms with Crippen molar-refractivity contribution in [2.24, 2.45) is 5.92 Å². The summed E-state index contributed by atoms with van der Waals surface area (Å²) in [5.41, 5.74) is 0.990. The third-order valence-electron chi connectivity index (χ3n) is 6.40. The number of nitrogens with zero attached hydrogens (tertiary/aromatic N) is 3. The average molecular weight is 406 g/mol. The van der Waals surface area contributed by atoms with Crippen LogP contribution in [0.2, 0.25) is 0 Å². The van der Waals surface area contributed by atoms with E-state index >= 15 is 0 Å². The first kappa shape index (κ1) is 19.4. The second-order valence-corrected chi connectivity index (χ2v) is 10.3. The zero-order chi connectivity index (χ0) is 19.9. The Morgan fingerprint density at radius 1 is 1.07 bits per heavy atom. The average Bonchev–Trinajstić information content (AvgIpc) is 3.21. The third kappa shape index (κ3) is 3.67. The molecule has 2 amide bonds. The molecular formula is C20H27N3O4S. The van der Waals surface area contributed by atoms with Gasteiger partial charge in [0.25, 0.3) is 0 Å². The lowest BCUT2D eigenvalue weighted by Crippen LogP contribution is -2.53. The first-order valence-corrected chi connectivity index (χ1v) is 11.7. The van der Waals surface area contributed by atoms with E-state index in [2.05, 4.69) is 4.90 Å². The van der Waals surface area contributed by atoms with Crippen molar-refractivity contribution in [1.29, 1.82) is 0 Å². The zero-order valence-corrected chi connectivity index (χ0v) is 17.0. The van der Waals surface area contributed by atoms with Crippen molar-refractivity contribution in [3.63, 3.8) is 0 Å². The van der Waals surface area contributed by atoms with Crippen molar-refractivity contribution in [3.05, 3.63) is 35.9 Å². The van der Waals surface area contributed by atoms with Gasteiger partial charge >= 0.3 is 0 Å². The molecular weight excluding hydrogens is 378 g/mol. The van der Waals surface area contributed by atoms with Crippen LogP contribution in [-0.4, -0.2) is 85.7 Å². The first-order valence-electron chi connectivity index (χ1n) is 9.89. The van der Waals surface area contributed by atoms with E-state index in [1.54, 1.807) is 11.9 Å². The molecule has 152 valence electrons. The topological polar surface area (TPSA) is 78.0 Å². The van der Waals surface area contributed by atoms with Crippen LogP contribution in [0.4, 0.5) is 0 Å². The minimum atomic E-state index is -2.90. The monoisotopic (exact) mass is 405 g/mol. The predicted octanol–water partition coefficient (Wildman–Crippen LogP) is 0.537. The number of piperazine rings is 1. The zero-order valence-electron chi connectivity index (χ0n) is 16.2. The van der Waals surface area contributed by atoms with E-state index in [9.17, 15) is 18.0 Å². The number of sulfone groups is 1. The number of rotatable bonds is 3. The first-order chi connectivity index (χ1) is 13.4. The molecule has 0 N–H and O–H groups in total. The molecule has 0 radical (unpaired) electrons. The Kier molecular flexibility index (Phi) is 5.18. The van der Waals surface area contributed by atoms with Gasteiger partial charge < -0.3 is 9.80 Å². The molecule has 0 unspecified atom stereocenters. The summed E-state index contributed by atoms with van der Waals surface area (Å²) < 4.78 is 23.5. The molecule has 1 aromatic rings. The van der Waals surface area contributed by atoms with E-state index in [1.807, 2.05) is 35.2 Å². The lowest BCUT2D eigenvalue weighted by molar-refractivity contribution is -0.138. The van der Waals surface area contributed by atoms with E-state index in [0.717, 1.165) is 5.56 Å². The summed E-state index contributed by atoms with van der Waals surface area (Å²) in [6.45, 7) is 2.56. The highest BCUT2D eigenvalue weighted by Crippen LogP contribution is 2.38. The lowest BCUT2D eigenvalue weighted by atomic mass is 9.92. The van der Waals surface area contributed by atoms with Gasteiger partial charge in [-0.1, -0.05) is 30.3 Å². The van der Waals surface area contributed by atoms with E-state index in [-0.39, 0.29) is 47.7 Å². The number of carbonyl (C=O) groups is 2. The number of hydrogen-bond acceptors (Lipinski definition) is 5. The fourth-order valence-corrected chi connectivity index (χ4v) is 6.56. The maximum atomic E-state index is 13.2. The minimum absolute atomic E-state index is 0.00185. The van der Waals surface area contributed by atoms with Gasteiger partial charge in [-0.2, -0.15) is 0 Å². The molecule has 3 atom stereocenters.